The number of nitrogens with zero attached hydrogens (tertiary/aromatic N) is 2. The predicted molar refractivity (Wildman–Crippen MR) is 84.7 cm³/mol. The molecule has 6 nitrogen and oxygen atoms in total. The smallest absolute Gasteiger partial charge is 0.222 e. The predicted octanol–water partition coefficient (Wildman–Crippen LogP) is 2.45. The average molecular weight is 290 g/mol. The van der Waals surface area contributed by atoms with Crippen molar-refractivity contribution in [3.05, 3.63) is 18.2 Å². The fraction of sp³-hybridized carbons (Fsp3) is 0.467. The molecule has 0 aliphatic rings. The van der Waals surface area contributed by atoms with Crippen LogP contribution in [0.2, 0.25) is 0 Å². The van der Waals surface area contributed by atoms with Crippen molar-refractivity contribution in [3.8, 4) is 5.75 Å². The van der Waals surface area contributed by atoms with Crippen molar-refractivity contribution in [1.29, 1.82) is 0 Å². The lowest BCUT2D eigenvalue weighted by Crippen LogP contribution is -2.09. The van der Waals surface area contributed by atoms with Gasteiger partial charge >= 0.3 is 0 Å². The topological polar surface area (TPSA) is 82.3 Å². The van der Waals surface area contributed by atoms with Crippen LogP contribution in [-0.4, -0.2) is 36.8 Å². The van der Waals surface area contributed by atoms with Gasteiger partial charge in [0.1, 0.15) is 18.2 Å². The zero-order valence-corrected chi connectivity index (χ0v) is 12.6. The molecule has 0 saturated carbocycles. The third-order valence-electron chi connectivity index (χ3n) is 3.07. The van der Waals surface area contributed by atoms with Gasteiger partial charge in [0, 0.05) is 13.7 Å². The Morgan fingerprint density at radius 2 is 2.10 bits per heavy atom. The molecule has 21 heavy (non-hydrogen) atoms. The van der Waals surface area contributed by atoms with Gasteiger partial charge in [-0.1, -0.05) is 19.4 Å². The molecule has 0 atom stereocenters. The summed E-state index contributed by atoms with van der Waals surface area (Å²) >= 11 is 0. The van der Waals surface area contributed by atoms with E-state index in [1.165, 1.54) is 0 Å². The van der Waals surface area contributed by atoms with Crippen molar-refractivity contribution < 1.29 is 9.47 Å². The van der Waals surface area contributed by atoms with Gasteiger partial charge in [-0.05, 0) is 18.6 Å². The summed E-state index contributed by atoms with van der Waals surface area (Å²) in [6.07, 6.45) is 2.18. The molecule has 1 heterocycles. The number of ether oxygens (including phenoxy) is 2. The molecule has 0 bridgehead atoms. The van der Waals surface area contributed by atoms with Gasteiger partial charge in [0.2, 0.25) is 5.95 Å². The zero-order valence-electron chi connectivity index (χ0n) is 12.6. The number of rotatable bonds is 8. The summed E-state index contributed by atoms with van der Waals surface area (Å²) in [5.41, 5.74) is 6.55. The van der Waals surface area contributed by atoms with E-state index in [1.54, 1.807) is 7.11 Å². The molecule has 114 valence electrons. The molecule has 2 aromatic rings. The summed E-state index contributed by atoms with van der Waals surface area (Å²) in [6.45, 7) is 4.00. The Labute approximate surface area is 124 Å². The molecule has 1 aromatic heterocycles. The summed E-state index contributed by atoms with van der Waals surface area (Å²) in [7, 11) is 1.65. The summed E-state index contributed by atoms with van der Waals surface area (Å²) < 4.78 is 10.8. The second kappa shape index (κ2) is 7.64. The fourth-order valence-electron chi connectivity index (χ4n) is 2.04. The van der Waals surface area contributed by atoms with Crippen LogP contribution in [0.5, 0.6) is 5.75 Å². The van der Waals surface area contributed by atoms with Crippen molar-refractivity contribution in [2.75, 3.05) is 37.9 Å². The molecular weight excluding hydrogens is 268 g/mol. The monoisotopic (exact) mass is 290 g/mol. The lowest BCUT2D eigenvalue weighted by Gasteiger charge is -2.13. The van der Waals surface area contributed by atoms with E-state index in [9.17, 15) is 0 Å². The maximum atomic E-state index is 5.78. The van der Waals surface area contributed by atoms with Crippen molar-refractivity contribution >= 4 is 22.7 Å². The van der Waals surface area contributed by atoms with Gasteiger partial charge in [0.15, 0.2) is 0 Å². The van der Waals surface area contributed by atoms with E-state index in [4.69, 9.17) is 15.2 Å². The van der Waals surface area contributed by atoms with Crippen LogP contribution in [0, 0.1) is 0 Å². The third kappa shape index (κ3) is 3.95. The van der Waals surface area contributed by atoms with E-state index in [0.29, 0.717) is 13.2 Å². The first-order valence-electron chi connectivity index (χ1n) is 7.18. The van der Waals surface area contributed by atoms with E-state index in [1.807, 2.05) is 18.2 Å². The highest BCUT2D eigenvalue weighted by Crippen LogP contribution is 2.30. The van der Waals surface area contributed by atoms with Gasteiger partial charge in [0.25, 0.3) is 0 Å². The second-order valence-electron chi connectivity index (χ2n) is 4.70. The van der Waals surface area contributed by atoms with Gasteiger partial charge < -0.3 is 20.5 Å². The first-order chi connectivity index (χ1) is 10.3. The van der Waals surface area contributed by atoms with Crippen molar-refractivity contribution in [3.63, 3.8) is 0 Å². The standard InChI is InChI=1S/C15H22N4O2/c1-3-4-8-17-14-13-11(18-15(16)19-14)6-5-7-12(13)21-10-9-20-2/h5-7H,3-4,8-10H2,1-2H3,(H3,16,17,18,19). The highest BCUT2D eigenvalue weighted by molar-refractivity contribution is 5.95. The van der Waals surface area contributed by atoms with Crippen LogP contribution < -0.4 is 15.8 Å². The Balaban J connectivity index is 2.34. The Morgan fingerprint density at radius 1 is 1.24 bits per heavy atom. The van der Waals surface area contributed by atoms with Crippen LogP contribution in [0.1, 0.15) is 19.8 Å². The first kappa shape index (κ1) is 15.3. The molecule has 2 rings (SSSR count). The van der Waals surface area contributed by atoms with Crippen molar-refractivity contribution in [2.45, 2.75) is 19.8 Å². The first-order valence-corrected chi connectivity index (χ1v) is 7.18. The Hall–Kier alpha value is -2.08. The average Bonchev–Trinajstić information content (AvgIpc) is 2.47. The molecule has 0 amide bonds. The third-order valence-corrected chi connectivity index (χ3v) is 3.07. The van der Waals surface area contributed by atoms with Gasteiger partial charge in [-0.3, -0.25) is 0 Å². The van der Waals surface area contributed by atoms with E-state index < -0.39 is 0 Å². The summed E-state index contributed by atoms with van der Waals surface area (Å²) in [6, 6.07) is 5.71. The maximum absolute atomic E-state index is 5.78. The van der Waals surface area contributed by atoms with Crippen molar-refractivity contribution in [2.24, 2.45) is 0 Å². The fourth-order valence-corrected chi connectivity index (χ4v) is 2.04. The van der Waals surface area contributed by atoms with Crippen LogP contribution in [0.15, 0.2) is 18.2 Å². The van der Waals surface area contributed by atoms with E-state index in [-0.39, 0.29) is 5.95 Å². The molecule has 1 aromatic carbocycles. The summed E-state index contributed by atoms with van der Waals surface area (Å²) in [4.78, 5) is 8.58. The molecule has 0 saturated heterocycles. The molecule has 0 unspecified atom stereocenters. The van der Waals surface area contributed by atoms with Gasteiger partial charge in [-0.15, -0.1) is 0 Å². The molecule has 0 fully saturated rings. The molecular formula is C15H22N4O2. The van der Waals surface area contributed by atoms with Crippen LogP contribution in [0.4, 0.5) is 11.8 Å². The number of hydrogen-bond acceptors (Lipinski definition) is 6. The SMILES string of the molecule is CCCCNc1nc(N)nc2cccc(OCCOC)c12. The number of nitrogen functional groups attached to an aromatic ring is 1. The Kier molecular flexibility index (Phi) is 5.57. The summed E-state index contributed by atoms with van der Waals surface area (Å²) in [5, 5.41) is 4.18. The number of nitrogens with two attached hydrogens (primary N) is 1. The Bertz CT molecular complexity index is 589. The zero-order chi connectivity index (χ0) is 15.1. The van der Waals surface area contributed by atoms with Gasteiger partial charge in [-0.2, -0.15) is 4.98 Å². The number of benzene rings is 1. The number of fused-ring (bicyclic) bond motifs is 1. The molecule has 0 radical (unpaired) electrons. The van der Waals surface area contributed by atoms with Crippen LogP contribution in [0.3, 0.4) is 0 Å². The lowest BCUT2D eigenvalue weighted by molar-refractivity contribution is 0.147. The van der Waals surface area contributed by atoms with E-state index >= 15 is 0 Å². The minimum atomic E-state index is 0.260. The minimum Gasteiger partial charge on any atom is -0.490 e. The molecule has 0 aliphatic carbocycles. The molecule has 3 N–H and O–H groups in total. The second-order valence-corrected chi connectivity index (χ2v) is 4.70. The highest BCUT2D eigenvalue weighted by atomic mass is 16.5. The van der Waals surface area contributed by atoms with Crippen LogP contribution in [0.25, 0.3) is 10.9 Å². The van der Waals surface area contributed by atoms with Crippen LogP contribution >= 0.6 is 0 Å². The quantitative estimate of drug-likeness (QED) is 0.727. The molecule has 0 aliphatic heterocycles. The van der Waals surface area contributed by atoms with E-state index in [0.717, 1.165) is 41.9 Å². The number of hydrogen-bond donors (Lipinski definition) is 2. The number of nitrogens with one attached hydrogen (secondary N) is 1. The summed E-state index contributed by atoms with van der Waals surface area (Å²) in [5.74, 6) is 1.72. The van der Waals surface area contributed by atoms with Gasteiger partial charge in [0.05, 0.1) is 17.5 Å². The highest BCUT2D eigenvalue weighted by Gasteiger charge is 2.11. The minimum absolute atomic E-state index is 0.260. The number of aromatic nitrogens is 2. The maximum Gasteiger partial charge on any atom is 0.222 e. The molecule has 0 spiro atoms. The Morgan fingerprint density at radius 3 is 2.86 bits per heavy atom. The number of methoxy groups -OCH3 is 1. The normalized spacial score (nSPS) is 10.8. The number of anilines is 2. The van der Waals surface area contributed by atoms with Gasteiger partial charge in [-0.25, -0.2) is 4.98 Å². The largest absolute Gasteiger partial charge is 0.490 e. The molecule has 6 heteroatoms. The lowest BCUT2D eigenvalue weighted by atomic mass is 10.2. The van der Waals surface area contributed by atoms with Crippen LogP contribution in [-0.2, 0) is 4.74 Å². The van der Waals surface area contributed by atoms with E-state index in [2.05, 4.69) is 22.2 Å². The van der Waals surface area contributed by atoms with Crippen molar-refractivity contribution in [1.82, 2.24) is 9.97 Å². The number of unbranched alkanes of at least 4 members (excludes halogenated alkanes) is 1.